The number of amidine groups is 1. The molecule has 0 N–H and O–H groups in total. The Bertz CT molecular complexity index is 655. The average molecular weight is 381 g/mol. The Balaban J connectivity index is 2.07. The SMILES string of the molecule is CCOC(=O)C1=C(C)N=C2SCCN2[C@@H]1c1ccc(Br)cc1. The van der Waals surface area contributed by atoms with E-state index in [1.54, 1.807) is 11.8 Å². The smallest absolute Gasteiger partial charge is 0.338 e. The Hall–Kier alpha value is -1.27. The van der Waals surface area contributed by atoms with Gasteiger partial charge in [-0.25, -0.2) is 9.79 Å². The molecule has 22 heavy (non-hydrogen) atoms. The van der Waals surface area contributed by atoms with Crippen LogP contribution in [0.3, 0.4) is 0 Å². The summed E-state index contributed by atoms with van der Waals surface area (Å²) >= 11 is 5.20. The highest BCUT2D eigenvalue weighted by molar-refractivity contribution is 9.10. The van der Waals surface area contributed by atoms with Crippen LogP contribution in [0, 0.1) is 0 Å². The van der Waals surface area contributed by atoms with Crippen molar-refractivity contribution in [1.29, 1.82) is 0 Å². The summed E-state index contributed by atoms with van der Waals surface area (Å²) < 4.78 is 6.29. The van der Waals surface area contributed by atoms with Gasteiger partial charge in [-0.15, -0.1) is 0 Å². The van der Waals surface area contributed by atoms with Crippen molar-refractivity contribution in [1.82, 2.24) is 4.90 Å². The fourth-order valence-electron chi connectivity index (χ4n) is 2.77. The fourth-order valence-corrected chi connectivity index (χ4v) is 4.07. The predicted octanol–water partition coefficient (Wildman–Crippen LogP) is 3.75. The summed E-state index contributed by atoms with van der Waals surface area (Å²) in [5, 5.41) is 0.999. The second-order valence-electron chi connectivity index (χ2n) is 5.11. The van der Waals surface area contributed by atoms with E-state index < -0.39 is 0 Å². The number of carbonyl (C=O) groups is 1. The number of allylic oxidation sites excluding steroid dienone is 1. The monoisotopic (exact) mass is 380 g/mol. The molecule has 3 rings (SSSR count). The van der Waals surface area contributed by atoms with Crippen molar-refractivity contribution >= 4 is 38.8 Å². The van der Waals surface area contributed by atoms with E-state index in [1.165, 1.54) is 0 Å². The molecule has 1 aromatic carbocycles. The van der Waals surface area contributed by atoms with Crippen LogP contribution in [-0.4, -0.2) is 34.9 Å². The van der Waals surface area contributed by atoms with Gasteiger partial charge < -0.3 is 9.64 Å². The first-order chi connectivity index (χ1) is 10.6. The van der Waals surface area contributed by atoms with Gasteiger partial charge in [0.25, 0.3) is 0 Å². The van der Waals surface area contributed by atoms with Crippen molar-refractivity contribution in [3.05, 3.63) is 45.6 Å². The maximum absolute atomic E-state index is 12.5. The first-order valence-electron chi connectivity index (χ1n) is 7.23. The Labute approximate surface area is 142 Å². The molecule has 0 spiro atoms. The molecule has 1 atom stereocenters. The molecule has 0 aromatic heterocycles. The van der Waals surface area contributed by atoms with Crippen molar-refractivity contribution in [3.63, 3.8) is 0 Å². The number of carbonyl (C=O) groups excluding carboxylic acids is 1. The second kappa shape index (κ2) is 6.46. The Kier molecular flexibility index (Phi) is 4.59. The molecule has 2 aliphatic rings. The Morgan fingerprint density at radius 1 is 1.45 bits per heavy atom. The van der Waals surface area contributed by atoms with E-state index in [-0.39, 0.29) is 12.0 Å². The molecule has 116 valence electrons. The zero-order valence-electron chi connectivity index (χ0n) is 12.5. The van der Waals surface area contributed by atoms with Crippen LogP contribution in [0.25, 0.3) is 0 Å². The highest BCUT2D eigenvalue weighted by Crippen LogP contribution is 2.40. The lowest BCUT2D eigenvalue weighted by Crippen LogP contribution is -2.36. The van der Waals surface area contributed by atoms with Gasteiger partial charge >= 0.3 is 5.97 Å². The van der Waals surface area contributed by atoms with Crippen LogP contribution in [-0.2, 0) is 9.53 Å². The number of thioether (sulfide) groups is 1. The Morgan fingerprint density at radius 3 is 2.86 bits per heavy atom. The molecule has 6 heteroatoms. The lowest BCUT2D eigenvalue weighted by Gasteiger charge is -2.34. The van der Waals surface area contributed by atoms with Gasteiger partial charge in [0, 0.05) is 16.8 Å². The summed E-state index contributed by atoms with van der Waals surface area (Å²) in [4.78, 5) is 19.3. The third kappa shape index (κ3) is 2.82. The van der Waals surface area contributed by atoms with E-state index >= 15 is 0 Å². The van der Waals surface area contributed by atoms with Crippen LogP contribution in [0.15, 0.2) is 45.0 Å². The van der Waals surface area contributed by atoms with E-state index in [9.17, 15) is 4.79 Å². The molecule has 0 aliphatic carbocycles. The number of benzene rings is 1. The summed E-state index contributed by atoms with van der Waals surface area (Å²) in [7, 11) is 0. The lowest BCUT2D eigenvalue weighted by atomic mass is 9.94. The first kappa shape index (κ1) is 15.6. The number of hydrogen-bond donors (Lipinski definition) is 0. The molecule has 0 unspecified atom stereocenters. The van der Waals surface area contributed by atoms with Crippen molar-refractivity contribution in [3.8, 4) is 0 Å². The minimum absolute atomic E-state index is 0.116. The quantitative estimate of drug-likeness (QED) is 0.748. The van der Waals surface area contributed by atoms with Crippen LogP contribution in [0.1, 0.15) is 25.5 Å². The molecule has 0 bridgehead atoms. The molecule has 4 nitrogen and oxygen atoms in total. The molecule has 1 fully saturated rings. The fraction of sp³-hybridized carbons (Fsp3) is 0.375. The minimum Gasteiger partial charge on any atom is -0.463 e. The molecule has 0 saturated carbocycles. The normalized spacial score (nSPS) is 20.8. The van der Waals surface area contributed by atoms with E-state index in [1.807, 2.05) is 38.1 Å². The predicted molar refractivity (Wildman–Crippen MR) is 92.8 cm³/mol. The molecule has 2 aliphatic heterocycles. The molecule has 1 aromatic rings. The number of nitrogens with zero attached hydrogens (tertiary/aromatic N) is 2. The standard InChI is InChI=1S/C16H17BrN2O2S/c1-3-21-15(20)13-10(2)18-16-19(8-9-22-16)14(13)11-4-6-12(17)7-5-11/h4-7,14H,3,8-9H2,1-2H3/t14-/m1/s1. The summed E-state index contributed by atoms with van der Waals surface area (Å²) in [6, 6.07) is 7.99. The molecule has 2 heterocycles. The van der Waals surface area contributed by atoms with E-state index in [2.05, 4.69) is 25.8 Å². The molecular formula is C16H17BrN2O2S. The van der Waals surface area contributed by atoms with Crippen molar-refractivity contribution in [2.45, 2.75) is 19.9 Å². The number of esters is 1. The van der Waals surface area contributed by atoms with Gasteiger partial charge in [0.2, 0.25) is 0 Å². The highest BCUT2D eigenvalue weighted by atomic mass is 79.9. The number of fused-ring (bicyclic) bond motifs is 1. The van der Waals surface area contributed by atoms with Gasteiger partial charge in [-0.2, -0.15) is 0 Å². The van der Waals surface area contributed by atoms with Crippen LogP contribution in [0.5, 0.6) is 0 Å². The first-order valence-corrected chi connectivity index (χ1v) is 9.01. The summed E-state index contributed by atoms with van der Waals surface area (Å²) in [6.45, 7) is 4.97. The third-order valence-electron chi connectivity index (χ3n) is 3.73. The topological polar surface area (TPSA) is 41.9 Å². The maximum Gasteiger partial charge on any atom is 0.338 e. The molecule has 0 amide bonds. The van der Waals surface area contributed by atoms with Gasteiger partial charge in [0.05, 0.1) is 23.9 Å². The number of rotatable bonds is 3. The number of ether oxygens (including phenoxy) is 1. The number of hydrogen-bond acceptors (Lipinski definition) is 5. The molecule has 0 radical (unpaired) electrons. The van der Waals surface area contributed by atoms with E-state index in [0.29, 0.717) is 12.2 Å². The van der Waals surface area contributed by atoms with E-state index in [4.69, 9.17) is 4.74 Å². The van der Waals surface area contributed by atoms with Crippen molar-refractivity contribution in [2.24, 2.45) is 4.99 Å². The van der Waals surface area contributed by atoms with Crippen LogP contribution in [0.4, 0.5) is 0 Å². The maximum atomic E-state index is 12.5. The summed E-state index contributed by atoms with van der Waals surface area (Å²) in [5.74, 6) is 0.725. The average Bonchev–Trinajstić information content (AvgIpc) is 2.94. The zero-order chi connectivity index (χ0) is 15.7. The van der Waals surface area contributed by atoms with Gasteiger partial charge in [-0.1, -0.05) is 39.8 Å². The molecular weight excluding hydrogens is 364 g/mol. The summed E-state index contributed by atoms with van der Waals surface area (Å²) in [6.07, 6.45) is 0. The van der Waals surface area contributed by atoms with Gasteiger partial charge in [0.15, 0.2) is 5.17 Å². The third-order valence-corrected chi connectivity index (χ3v) is 5.23. The van der Waals surface area contributed by atoms with Crippen molar-refractivity contribution in [2.75, 3.05) is 18.9 Å². The number of halogens is 1. The molecule has 1 saturated heterocycles. The zero-order valence-corrected chi connectivity index (χ0v) is 14.9. The second-order valence-corrected chi connectivity index (χ2v) is 7.09. The Morgan fingerprint density at radius 2 is 2.18 bits per heavy atom. The lowest BCUT2D eigenvalue weighted by molar-refractivity contribution is -0.139. The van der Waals surface area contributed by atoms with Crippen LogP contribution in [0.2, 0.25) is 0 Å². The largest absolute Gasteiger partial charge is 0.463 e. The van der Waals surface area contributed by atoms with Crippen LogP contribution < -0.4 is 0 Å². The van der Waals surface area contributed by atoms with Crippen molar-refractivity contribution < 1.29 is 9.53 Å². The highest BCUT2D eigenvalue weighted by Gasteiger charge is 2.38. The van der Waals surface area contributed by atoms with Gasteiger partial charge in [-0.05, 0) is 31.5 Å². The van der Waals surface area contributed by atoms with Gasteiger partial charge in [-0.3, -0.25) is 0 Å². The van der Waals surface area contributed by atoms with Gasteiger partial charge in [0.1, 0.15) is 0 Å². The van der Waals surface area contributed by atoms with E-state index in [0.717, 1.165) is 33.2 Å². The minimum atomic E-state index is -0.271. The summed E-state index contributed by atoms with van der Waals surface area (Å²) in [5.41, 5.74) is 2.49. The van der Waals surface area contributed by atoms with Crippen LogP contribution >= 0.6 is 27.7 Å². The number of aliphatic imine (C=N–C) groups is 1.